The van der Waals surface area contributed by atoms with Crippen LogP contribution in [0.1, 0.15) is 41.5 Å². The molecule has 0 bridgehead atoms. The summed E-state index contributed by atoms with van der Waals surface area (Å²) in [5, 5.41) is 1.27. The minimum atomic E-state index is 0.425. The van der Waals surface area contributed by atoms with Crippen LogP contribution in [0.25, 0.3) is 22.4 Å². The first-order valence-corrected chi connectivity index (χ1v) is 10.3. The molecule has 2 N–H and O–H groups in total. The van der Waals surface area contributed by atoms with Crippen molar-refractivity contribution in [2.45, 2.75) is 39.2 Å². The summed E-state index contributed by atoms with van der Waals surface area (Å²) in [6, 6.07) is 10.9. The maximum Gasteiger partial charge on any atom is 0.156 e. The van der Waals surface area contributed by atoms with Gasteiger partial charge in [-0.05, 0) is 62.4 Å². The zero-order valence-corrected chi connectivity index (χ0v) is 16.9. The lowest BCUT2D eigenvalue weighted by molar-refractivity contribution is 0.198. The highest BCUT2D eigenvalue weighted by Crippen LogP contribution is 2.29. The van der Waals surface area contributed by atoms with Crippen LogP contribution < -0.4 is 0 Å². The Balaban J connectivity index is 1.35. The first kappa shape index (κ1) is 18.1. The van der Waals surface area contributed by atoms with E-state index in [2.05, 4.69) is 55.2 Å². The Labute approximate surface area is 170 Å². The van der Waals surface area contributed by atoms with Gasteiger partial charge in [0.05, 0.1) is 0 Å². The molecule has 1 aliphatic rings. The monoisotopic (exact) mass is 386 g/mol. The molecule has 3 aromatic heterocycles. The minimum Gasteiger partial charge on any atom is -0.361 e. The molecule has 1 saturated heterocycles. The molecule has 1 aliphatic heterocycles. The van der Waals surface area contributed by atoms with Crippen LogP contribution in [-0.4, -0.2) is 42.9 Å². The number of benzene rings is 1. The highest BCUT2D eigenvalue weighted by Gasteiger charge is 2.24. The average molecular weight is 387 g/mol. The summed E-state index contributed by atoms with van der Waals surface area (Å²) in [5.74, 6) is 2.05. The number of aryl methyl sites for hydroxylation is 2. The largest absolute Gasteiger partial charge is 0.361 e. The van der Waals surface area contributed by atoms with Gasteiger partial charge in [-0.1, -0.05) is 12.1 Å². The van der Waals surface area contributed by atoms with E-state index in [1.165, 1.54) is 29.3 Å². The van der Waals surface area contributed by atoms with E-state index >= 15 is 0 Å². The van der Waals surface area contributed by atoms with E-state index in [1.807, 2.05) is 26.2 Å². The Bertz CT molecular complexity index is 1140. The molecule has 29 heavy (non-hydrogen) atoms. The highest BCUT2D eigenvalue weighted by molar-refractivity contribution is 5.79. The number of rotatable bonds is 4. The second-order valence-corrected chi connectivity index (χ2v) is 8.11. The smallest absolute Gasteiger partial charge is 0.156 e. The SMILES string of the molecule is Cc1nc(-c2ncc(C)[nH]2)cc([C@H]2CCCN(Cc3ccc4cc[nH]c4c3)C2)n1. The fraction of sp³-hybridized carbons (Fsp3) is 0.348. The van der Waals surface area contributed by atoms with Crippen LogP contribution in [0.3, 0.4) is 0 Å². The molecule has 4 aromatic rings. The maximum absolute atomic E-state index is 4.78. The number of piperidine rings is 1. The van der Waals surface area contributed by atoms with Crippen molar-refractivity contribution >= 4 is 10.9 Å². The second-order valence-electron chi connectivity index (χ2n) is 8.11. The molecule has 148 valence electrons. The third-order valence-corrected chi connectivity index (χ3v) is 5.75. The van der Waals surface area contributed by atoms with Crippen molar-refractivity contribution in [3.05, 3.63) is 65.5 Å². The highest BCUT2D eigenvalue weighted by atomic mass is 15.1. The van der Waals surface area contributed by atoms with Crippen LogP contribution in [0.5, 0.6) is 0 Å². The molecule has 1 atom stereocenters. The number of aromatic nitrogens is 5. The van der Waals surface area contributed by atoms with E-state index in [1.54, 1.807) is 0 Å². The van der Waals surface area contributed by atoms with Crippen LogP contribution >= 0.6 is 0 Å². The number of aromatic amines is 2. The lowest BCUT2D eigenvalue weighted by atomic mass is 9.93. The molecule has 0 amide bonds. The van der Waals surface area contributed by atoms with Crippen molar-refractivity contribution in [1.82, 2.24) is 29.8 Å². The second kappa shape index (κ2) is 7.44. The molecule has 0 aliphatic carbocycles. The summed E-state index contributed by atoms with van der Waals surface area (Å²) in [7, 11) is 0. The van der Waals surface area contributed by atoms with Gasteiger partial charge in [-0.25, -0.2) is 15.0 Å². The molecule has 4 heterocycles. The van der Waals surface area contributed by atoms with Gasteiger partial charge in [0.2, 0.25) is 0 Å². The fourth-order valence-corrected chi connectivity index (χ4v) is 4.36. The average Bonchev–Trinajstić information content (AvgIpc) is 3.36. The van der Waals surface area contributed by atoms with Gasteiger partial charge in [0.15, 0.2) is 5.82 Å². The zero-order chi connectivity index (χ0) is 19.8. The Morgan fingerprint density at radius 1 is 1.14 bits per heavy atom. The van der Waals surface area contributed by atoms with E-state index < -0.39 is 0 Å². The lowest BCUT2D eigenvalue weighted by Crippen LogP contribution is -2.34. The van der Waals surface area contributed by atoms with Crippen LogP contribution in [0.15, 0.2) is 42.7 Å². The molecule has 6 nitrogen and oxygen atoms in total. The van der Waals surface area contributed by atoms with Gasteiger partial charge in [0.25, 0.3) is 0 Å². The van der Waals surface area contributed by atoms with Crippen molar-refractivity contribution in [3.8, 4) is 11.5 Å². The van der Waals surface area contributed by atoms with Gasteiger partial charge < -0.3 is 9.97 Å². The molecule has 0 radical (unpaired) electrons. The Morgan fingerprint density at radius 2 is 2.07 bits per heavy atom. The molecule has 0 unspecified atom stereocenters. The van der Waals surface area contributed by atoms with E-state index in [0.717, 1.165) is 48.4 Å². The summed E-state index contributed by atoms with van der Waals surface area (Å²) >= 11 is 0. The normalized spacial score (nSPS) is 17.8. The third kappa shape index (κ3) is 3.80. The number of nitrogens with zero attached hydrogens (tertiary/aromatic N) is 4. The molecule has 1 fully saturated rings. The van der Waals surface area contributed by atoms with E-state index in [-0.39, 0.29) is 0 Å². The van der Waals surface area contributed by atoms with Gasteiger partial charge in [0, 0.05) is 48.3 Å². The minimum absolute atomic E-state index is 0.425. The van der Waals surface area contributed by atoms with E-state index in [0.29, 0.717) is 5.92 Å². The zero-order valence-electron chi connectivity index (χ0n) is 16.9. The number of hydrogen-bond acceptors (Lipinski definition) is 4. The molecule has 0 spiro atoms. The molecule has 1 aromatic carbocycles. The summed E-state index contributed by atoms with van der Waals surface area (Å²) in [6.45, 7) is 7.10. The van der Waals surface area contributed by atoms with Crippen LogP contribution in [0.4, 0.5) is 0 Å². The number of nitrogens with one attached hydrogen (secondary N) is 2. The van der Waals surface area contributed by atoms with Crippen molar-refractivity contribution in [2.24, 2.45) is 0 Å². The molecule has 6 heteroatoms. The first-order valence-electron chi connectivity index (χ1n) is 10.3. The topological polar surface area (TPSA) is 73.5 Å². The molecular formula is C23H26N6. The predicted molar refractivity (Wildman–Crippen MR) is 115 cm³/mol. The lowest BCUT2D eigenvalue weighted by Gasteiger charge is -2.32. The van der Waals surface area contributed by atoms with Crippen LogP contribution in [0.2, 0.25) is 0 Å². The van der Waals surface area contributed by atoms with E-state index in [4.69, 9.17) is 4.98 Å². The van der Waals surface area contributed by atoms with Crippen molar-refractivity contribution in [2.75, 3.05) is 13.1 Å². The predicted octanol–water partition coefficient (Wildman–Crippen LogP) is 4.34. The molecule has 0 saturated carbocycles. The van der Waals surface area contributed by atoms with Crippen molar-refractivity contribution in [3.63, 3.8) is 0 Å². The van der Waals surface area contributed by atoms with Gasteiger partial charge in [-0.15, -0.1) is 0 Å². The van der Waals surface area contributed by atoms with Crippen LogP contribution in [-0.2, 0) is 6.54 Å². The summed E-state index contributed by atoms with van der Waals surface area (Å²) in [6.07, 6.45) is 6.20. The van der Waals surface area contributed by atoms with Crippen molar-refractivity contribution in [1.29, 1.82) is 0 Å². The number of fused-ring (bicyclic) bond motifs is 1. The quantitative estimate of drug-likeness (QED) is 0.547. The summed E-state index contributed by atoms with van der Waals surface area (Å²) in [5.41, 5.74) is 5.62. The van der Waals surface area contributed by atoms with Crippen molar-refractivity contribution < 1.29 is 0 Å². The molecular weight excluding hydrogens is 360 g/mol. The van der Waals surface area contributed by atoms with E-state index in [9.17, 15) is 0 Å². The summed E-state index contributed by atoms with van der Waals surface area (Å²) in [4.78, 5) is 23.0. The number of likely N-dealkylation sites (tertiary alicyclic amines) is 1. The number of imidazole rings is 1. The third-order valence-electron chi connectivity index (χ3n) is 5.75. The standard InChI is InChI=1S/C23H26N6/c1-15-12-25-23(26-15)22-11-21(27-16(2)28-22)19-4-3-9-29(14-19)13-17-5-6-18-7-8-24-20(18)10-17/h5-8,10-12,19,24H,3-4,9,13-14H2,1-2H3,(H,25,26)/t19-/m0/s1. The fourth-order valence-electron chi connectivity index (χ4n) is 4.36. The Morgan fingerprint density at radius 3 is 2.93 bits per heavy atom. The van der Waals surface area contributed by atoms with Gasteiger partial charge in [-0.3, -0.25) is 4.90 Å². The Hall–Kier alpha value is -2.99. The van der Waals surface area contributed by atoms with Crippen LogP contribution in [0, 0.1) is 13.8 Å². The van der Waals surface area contributed by atoms with Gasteiger partial charge in [-0.2, -0.15) is 0 Å². The first-order chi connectivity index (χ1) is 14.1. The van der Waals surface area contributed by atoms with Gasteiger partial charge in [0.1, 0.15) is 11.5 Å². The Kier molecular flexibility index (Phi) is 4.64. The number of H-pyrrole nitrogens is 2. The number of hydrogen-bond donors (Lipinski definition) is 2. The van der Waals surface area contributed by atoms with Gasteiger partial charge >= 0.3 is 0 Å². The summed E-state index contributed by atoms with van der Waals surface area (Å²) < 4.78 is 0. The maximum atomic E-state index is 4.78. The molecule has 5 rings (SSSR count).